The fraction of sp³-hybridized carbons (Fsp3) is 0.941. The van der Waals surface area contributed by atoms with Crippen LogP contribution in [0.3, 0.4) is 0 Å². The lowest BCUT2D eigenvalue weighted by molar-refractivity contribution is 0.0517. The van der Waals surface area contributed by atoms with E-state index in [0.717, 1.165) is 0 Å². The number of rotatable bonds is 7. The molecule has 2 N–H and O–H groups in total. The van der Waals surface area contributed by atoms with Gasteiger partial charge in [0.1, 0.15) is 5.60 Å². The lowest BCUT2D eigenvalue weighted by atomic mass is 10.0. The second-order valence-corrected chi connectivity index (χ2v) is 7.39. The van der Waals surface area contributed by atoms with E-state index in [1.54, 1.807) is 0 Å². The molecule has 3 atom stereocenters. The molecule has 0 aromatic heterocycles. The molecule has 3 unspecified atom stereocenters. The second kappa shape index (κ2) is 8.62. The average Bonchev–Trinajstić information content (AvgIpc) is 2.79. The number of hydrogen-bond acceptors (Lipinski definition) is 3. The highest BCUT2D eigenvalue weighted by atomic mass is 16.6. The Kier molecular flexibility index (Phi) is 7.50. The van der Waals surface area contributed by atoms with Gasteiger partial charge < -0.3 is 15.4 Å². The van der Waals surface area contributed by atoms with Crippen molar-refractivity contribution in [3.05, 3.63) is 0 Å². The summed E-state index contributed by atoms with van der Waals surface area (Å²) in [6.07, 6.45) is 7.12. The summed E-state index contributed by atoms with van der Waals surface area (Å²) < 4.78 is 5.30. The number of hydrogen-bond donors (Lipinski definition) is 2. The van der Waals surface area contributed by atoms with Gasteiger partial charge in [-0.3, -0.25) is 0 Å². The molecule has 0 radical (unpaired) electrons. The highest BCUT2D eigenvalue weighted by Crippen LogP contribution is 2.26. The Morgan fingerprint density at radius 3 is 2.67 bits per heavy atom. The van der Waals surface area contributed by atoms with Gasteiger partial charge >= 0.3 is 6.09 Å². The number of carbonyl (C=O) groups is 1. The quantitative estimate of drug-likeness (QED) is 0.750. The number of alkyl carbamates (subject to hydrolysis) is 1. The maximum absolute atomic E-state index is 11.7. The van der Waals surface area contributed by atoms with Crippen molar-refractivity contribution in [2.24, 2.45) is 5.92 Å². The first-order chi connectivity index (χ1) is 9.81. The molecular weight excluding hydrogens is 264 g/mol. The average molecular weight is 298 g/mol. The maximum atomic E-state index is 11.7. The van der Waals surface area contributed by atoms with Crippen LogP contribution in [0.5, 0.6) is 0 Å². The Morgan fingerprint density at radius 2 is 2.05 bits per heavy atom. The van der Waals surface area contributed by atoms with Gasteiger partial charge in [-0.2, -0.15) is 0 Å². The molecule has 0 aromatic carbocycles. The molecule has 1 saturated carbocycles. The molecule has 0 aromatic rings. The van der Waals surface area contributed by atoms with E-state index in [1.807, 2.05) is 20.8 Å². The van der Waals surface area contributed by atoms with Crippen molar-refractivity contribution in [3.8, 4) is 0 Å². The van der Waals surface area contributed by atoms with Gasteiger partial charge in [-0.1, -0.05) is 26.2 Å². The normalized spacial score (nSPS) is 23.9. The van der Waals surface area contributed by atoms with Crippen LogP contribution in [0.15, 0.2) is 0 Å². The number of unbranched alkanes of at least 4 members (excludes halogenated alkanes) is 1. The summed E-state index contributed by atoms with van der Waals surface area (Å²) in [5.41, 5.74) is -0.425. The Labute approximate surface area is 130 Å². The molecule has 0 aliphatic heterocycles. The second-order valence-electron chi connectivity index (χ2n) is 7.39. The van der Waals surface area contributed by atoms with Crippen molar-refractivity contribution in [1.82, 2.24) is 10.6 Å². The molecule has 1 amide bonds. The van der Waals surface area contributed by atoms with E-state index in [-0.39, 0.29) is 6.09 Å². The van der Waals surface area contributed by atoms with Crippen LogP contribution in [-0.4, -0.2) is 30.3 Å². The topological polar surface area (TPSA) is 50.4 Å². The summed E-state index contributed by atoms with van der Waals surface area (Å²) >= 11 is 0. The van der Waals surface area contributed by atoms with Crippen LogP contribution in [0.4, 0.5) is 4.79 Å². The Morgan fingerprint density at radius 1 is 1.33 bits per heavy atom. The predicted octanol–water partition coefficient (Wildman–Crippen LogP) is 3.85. The van der Waals surface area contributed by atoms with Crippen LogP contribution in [-0.2, 0) is 4.74 Å². The lowest BCUT2D eigenvalue weighted by Crippen LogP contribution is -2.43. The molecule has 1 aliphatic carbocycles. The van der Waals surface area contributed by atoms with E-state index >= 15 is 0 Å². The Balaban J connectivity index is 2.31. The smallest absolute Gasteiger partial charge is 0.407 e. The standard InChI is InChI=1S/C17H34N2O2/c1-6-7-9-13(2)19-15-11-8-10-14(15)12-18-16(20)21-17(3,4)5/h13-15,19H,6-12H2,1-5H3,(H,18,20). The zero-order valence-corrected chi connectivity index (χ0v) is 14.5. The van der Waals surface area contributed by atoms with Gasteiger partial charge in [0.2, 0.25) is 0 Å². The molecule has 1 rings (SSSR count). The minimum Gasteiger partial charge on any atom is -0.444 e. The van der Waals surface area contributed by atoms with Crippen LogP contribution in [0.25, 0.3) is 0 Å². The van der Waals surface area contributed by atoms with Gasteiger partial charge in [0, 0.05) is 18.6 Å². The van der Waals surface area contributed by atoms with Crippen molar-refractivity contribution in [2.75, 3.05) is 6.54 Å². The van der Waals surface area contributed by atoms with Crippen molar-refractivity contribution in [1.29, 1.82) is 0 Å². The monoisotopic (exact) mass is 298 g/mol. The fourth-order valence-corrected chi connectivity index (χ4v) is 2.99. The first-order valence-corrected chi connectivity index (χ1v) is 8.54. The van der Waals surface area contributed by atoms with Gasteiger partial charge in [-0.25, -0.2) is 4.79 Å². The molecule has 0 bridgehead atoms. The molecule has 1 fully saturated rings. The van der Waals surface area contributed by atoms with E-state index < -0.39 is 5.60 Å². The number of nitrogens with one attached hydrogen (secondary N) is 2. The zero-order chi connectivity index (χ0) is 15.9. The Bertz CT molecular complexity index is 312. The Hall–Kier alpha value is -0.770. The molecule has 0 heterocycles. The molecule has 4 nitrogen and oxygen atoms in total. The molecule has 4 heteroatoms. The van der Waals surface area contributed by atoms with Crippen molar-refractivity contribution in [3.63, 3.8) is 0 Å². The van der Waals surface area contributed by atoms with Crippen molar-refractivity contribution < 1.29 is 9.53 Å². The molecule has 124 valence electrons. The van der Waals surface area contributed by atoms with E-state index in [0.29, 0.717) is 24.5 Å². The summed E-state index contributed by atoms with van der Waals surface area (Å²) in [6, 6.07) is 1.10. The van der Waals surface area contributed by atoms with E-state index in [9.17, 15) is 4.79 Å². The maximum Gasteiger partial charge on any atom is 0.407 e. The molecular formula is C17H34N2O2. The first-order valence-electron chi connectivity index (χ1n) is 8.54. The van der Waals surface area contributed by atoms with Gasteiger partial charge in [-0.15, -0.1) is 0 Å². The summed E-state index contributed by atoms with van der Waals surface area (Å²) in [6.45, 7) is 10.9. The molecule has 21 heavy (non-hydrogen) atoms. The van der Waals surface area contributed by atoms with E-state index in [1.165, 1.54) is 38.5 Å². The van der Waals surface area contributed by atoms with Crippen LogP contribution >= 0.6 is 0 Å². The predicted molar refractivity (Wildman–Crippen MR) is 87.5 cm³/mol. The third-order valence-electron chi connectivity index (χ3n) is 4.06. The van der Waals surface area contributed by atoms with Crippen LogP contribution in [0.2, 0.25) is 0 Å². The first kappa shape index (κ1) is 18.3. The van der Waals surface area contributed by atoms with Gasteiger partial charge in [0.05, 0.1) is 0 Å². The lowest BCUT2D eigenvalue weighted by Gasteiger charge is -2.26. The number of carbonyl (C=O) groups excluding carboxylic acids is 1. The molecule has 1 aliphatic rings. The highest BCUT2D eigenvalue weighted by Gasteiger charge is 2.28. The largest absolute Gasteiger partial charge is 0.444 e. The summed E-state index contributed by atoms with van der Waals surface area (Å²) in [4.78, 5) is 11.7. The van der Waals surface area contributed by atoms with Gasteiger partial charge in [0.25, 0.3) is 0 Å². The van der Waals surface area contributed by atoms with Crippen molar-refractivity contribution in [2.45, 2.75) is 90.8 Å². The third-order valence-corrected chi connectivity index (χ3v) is 4.06. The highest BCUT2D eigenvalue weighted by molar-refractivity contribution is 5.67. The van der Waals surface area contributed by atoms with Gasteiger partial charge in [0.15, 0.2) is 0 Å². The number of ether oxygens (including phenoxy) is 1. The third kappa shape index (κ3) is 7.70. The zero-order valence-electron chi connectivity index (χ0n) is 14.5. The minimum absolute atomic E-state index is 0.299. The minimum atomic E-state index is -0.425. The van der Waals surface area contributed by atoms with Crippen LogP contribution < -0.4 is 10.6 Å². The van der Waals surface area contributed by atoms with Gasteiger partial charge in [-0.05, 0) is 52.9 Å². The van der Waals surface area contributed by atoms with Crippen LogP contribution in [0, 0.1) is 5.92 Å². The van der Waals surface area contributed by atoms with E-state index in [2.05, 4.69) is 24.5 Å². The summed E-state index contributed by atoms with van der Waals surface area (Å²) in [5.74, 6) is 0.529. The summed E-state index contributed by atoms with van der Waals surface area (Å²) in [5, 5.41) is 6.67. The van der Waals surface area contributed by atoms with E-state index in [4.69, 9.17) is 4.74 Å². The SMILES string of the molecule is CCCCC(C)NC1CCCC1CNC(=O)OC(C)(C)C. The number of amides is 1. The summed E-state index contributed by atoms with van der Waals surface area (Å²) in [7, 11) is 0. The fourth-order valence-electron chi connectivity index (χ4n) is 2.99. The molecule has 0 saturated heterocycles. The van der Waals surface area contributed by atoms with Crippen molar-refractivity contribution >= 4 is 6.09 Å². The van der Waals surface area contributed by atoms with Crippen LogP contribution in [0.1, 0.15) is 73.1 Å². The molecule has 0 spiro atoms.